The van der Waals surface area contributed by atoms with Gasteiger partial charge in [-0.2, -0.15) is 0 Å². The second-order valence-electron chi connectivity index (χ2n) is 5.17. The molecule has 2 N–H and O–H groups in total. The molecule has 5 nitrogen and oxygen atoms in total. The molecule has 0 aromatic carbocycles. The summed E-state index contributed by atoms with van der Waals surface area (Å²) in [6.45, 7) is 8.97. The van der Waals surface area contributed by atoms with E-state index >= 15 is 0 Å². The number of carbonyl (C=O) groups excluding carboxylic acids is 1. The molecule has 0 fully saturated rings. The fourth-order valence-corrected chi connectivity index (χ4v) is 1.14. The van der Waals surface area contributed by atoms with Crippen molar-refractivity contribution in [1.29, 1.82) is 0 Å². The molecule has 0 saturated carbocycles. The van der Waals surface area contributed by atoms with Gasteiger partial charge in [0.1, 0.15) is 11.6 Å². The molecule has 0 aromatic rings. The quantitative estimate of drug-likeness (QED) is 0.679. The summed E-state index contributed by atoms with van der Waals surface area (Å²) in [5.41, 5.74) is -0.620. The van der Waals surface area contributed by atoms with Gasteiger partial charge < -0.3 is 16.6 Å². The first-order valence-electron chi connectivity index (χ1n) is 5.34. The molecule has 1 atom stereocenters. The number of hydrogen-bond donors (Lipinski definition) is 2. The first kappa shape index (κ1) is 20.1. The minimum absolute atomic E-state index is 0. The molecule has 0 unspecified atom stereocenters. The largest absolute Gasteiger partial charge is 1.00 e. The summed E-state index contributed by atoms with van der Waals surface area (Å²) < 4.78 is 4.99. The number of nitrogens with one attached hydrogen (secondary N) is 1. The van der Waals surface area contributed by atoms with Crippen LogP contribution in [0.3, 0.4) is 0 Å². The first-order valence-corrected chi connectivity index (χ1v) is 5.34. The Morgan fingerprint density at radius 2 is 1.82 bits per heavy atom. The average molecular weight is 365 g/mol. The minimum Gasteiger partial charge on any atom is -1.00 e. The number of ether oxygens (including phenoxy) is 1. The van der Waals surface area contributed by atoms with Crippen LogP contribution >= 0.6 is 0 Å². The van der Waals surface area contributed by atoms with E-state index in [4.69, 9.17) is 9.84 Å². The molecule has 1 amide bonds. The van der Waals surface area contributed by atoms with Crippen molar-refractivity contribution in [2.75, 3.05) is 0 Å². The maximum Gasteiger partial charge on any atom is 1.00 e. The molecular formula is C11H22CsNO4. The predicted molar refractivity (Wildman–Crippen MR) is 61.4 cm³/mol. The van der Waals surface area contributed by atoms with Crippen LogP contribution in [0.25, 0.3) is 0 Å². The minimum atomic E-state index is -1.04. The van der Waals surface area contributed by atoms with E-state index in [0.29, 0.717) is 6.42 Å². The normalized spacial score (nSPS) is 12.6. The van der Waals surface area contributed by atoms with Crippen LogP contribution in [-0.2, 0) is 9.53 Å². The Kier molecular flexibility index (Phi) is 10.4. The maximum absolute atomic E-state index is 11.4. The third-order valence-electron chi connectivity index (χ3n) is 1.70. The van der Waals surface area contributed by atoms with Crippen molar-refractivity contribution in [3.63, 3.8) is 0 Å². The molecule has 0 aliphatic carbocycles. The summed E-state index contributed by atoms with van der Waals surface area (Å²) in [4.78, 5) is 22.2. The van der Waals surface area contributed by atoms with Gasteiger partial charge >= 0.3 is 81.0 Å². The Labute approximate surface area is 163 Å². The summed E-state index contributed by atoms with van der Waals surface area (Å²) in [6.07, 6.45) is -0.310. The van der Waals surface area contributed by atoms with Crippen molar-refractivity contribution in [1.82, 2.24) is 5.32 Å². The molecule has 17 heavy (non-hydrogen) atoms. The van der Waals surface area contributed by atoms with Gasteiger partial charge in [0.15, 0.2) is 0 Å². The monoisotopic (exact) mass is 365 g/mol. The molecule has 0 bridgehead atoms. The van der Waals surface area contributed by atoms with Crippen LogP contribution in [0, 0.1) is 5.92 Å². The molecular weight excluding hydrogens is 343 g/mol. The molecule has 0 aromatic heterocycles. The van der Waals surface area contributed by atoms with Gasteiger partial charge in [-0.15, -0.1) is 0 Å². The molecule has 0 aliphatic heterocycles. The van der Waals surface area contributed by atoms with E-state index in [1.54, 1.807) is 20.8 Å². The van der Waals surface area contributed by atoms with Crippen molar-refractivity contribution in [2.45, 2.75) is 52.7 Å². The molecule has 0 aliphatic rings. The Hall–Kier alpha value is 0.792. The number of aliphatic carboxylic acids is 1. The summed E-state index contributed by atoms with van der Waals surface area (Å²) in [7, 11) is 0. The summed E-state index contributed by atoms with van der Waals surface area (Å²) in [5, 5.41) is 11.2. The number of carbonyl (C=O) groups is 2. The van der Waals surface area contributed by atoms with Crippen molar-refractivity contribution < 1.29 is 89.8 Å². The van der Waals surface area contributed by atoms with Gasteiger partial charge in [-0.05, 0) is 33.1 Å². The second-order valence-corrected chi connectivity index (χ2v) is 5.17. The van der Waals surface area contributed by atoms with Crippen molar-refractivity contribution >= 4 is 12.1 Å². The summed E-state index contributed by atoms with van der Waals surface area (Å²) in [6, 6.07) is -0.894. The standard InChI is InChI=1S/C11H21NO4.Cs.H/c1-7(2)6-8(9(13)14)12-10(15)16-11(3,4)5;;/h7-8H,6H2,1-5H3,(H,12,15)(H,13,14);;/q;+1;-1/t8-;;/m0../s1. The van der Waals surface area contributed by atoms with Crippen molar-refractivity contribution in [3.05, 3.63) is 0 Å². The first-order chi connectivity index (χ1) is 7.11. The van der Waals surface area contributed by atoms with Gasteiger partial charge in [0.2, 0.25) is 0 Å². The topological polar surface area (TPSA) is 75.6 Å². The number of alkyl carbamates (subject to hydrolysis) is 1. The number of rotatable bonds is 4. The number of hydrogen-bond acceptors (Lipinski definition) is 3. The third-order valence-corrected chi connectivity index (χ3v) is 1.70. The fourth-order valence-electron chi connectivity index (χ4n) is 1.14. The number of carboxylic acids is 1. The van der Waals surface area contributed by atoms with Crippen LogP contribution in [0.15, 0.2) is 0 Å². The Bertz CT molecular complexity index is 266. The van der Waals surface area contributed by atoms with Crippen LogP contribution in [0.4, 0.5) is 4.79 Å². The number of carboxylic acid groups (broad SMARTS) is 1. The Morgan fingerprint density at radius 3 is 2.12 bits per heavy atom. The molecule has 0 spiro atoms. The summed E-state index contributed by atoms with van der Waals surface area (Å²) in [5.74, 6) is -0.851. The van der Waals surface area contributed by atoms with E-state index in [9.17, 15) is 9.59 Å². The van der Waals surface area contributed by atoms with E-state index in [1.165, 1.54) is 0 Å². The van der Waals surface area contributed by atoms with Gasteiger partial charge in [0, 0.05) is 0 Å². The Balaban J connectivity index is -0.00000112. The third kappa shape index (κ3) is 11.6. The van der Waals surface area contributed by atoms with E-state index in [0.717, 1.165) is 0 Å². The molecule has 6 heteroatoms. The molecule has 0 radical (unpaired) electrons. The van der Waals surface area contributed by atoms with Crippen molar-refractivity contribution in [2.24, 2.45) is 5.92 Å². The molecule has 0 rings (SSSR count). The van der Waals surface area contributed by atoms with E-state index in [2.05, 4.69) is 5.32 Å². The van der Waals surface area contributed by atoms with Gasteiger partial charge in [-0.3, -0.25) is 0 Å². The zero-order valence-corrected chi connectivity index (χ0v) is 17.8. The smallest absolute Gasteiger partial charge is 1.00 e. The van der Waals surface area contributed by atoms with E-state index in [1.807, 2.05) is 13.8 Å². The van der Waals surface area contributed by atoms with E-state index < -0.39 is 23.7 Å². The van der Waals surface area contributed by atoms with Gasteiger partial charge in [0.25, 0.3) is 0 Å². The molecule has 96 valence electrons. The van der Waals surface area contributed by atoms with Crippen LogP contribution in [0.5, 0.6) is 0 Å². The number of amides is 1. The van der Waals surface area contributed by atoms with Gasteiger partial charge in [-0.25, -0.2) is 9.59 Å². The van der Waals surface area contributed by atoms with Crippen LogP contribution in [0.1, 0.15) is 42.5 Å². The van der Waals surface area contributed by atoms with Crippen molar-refractivity contribution in [3.8, 4) is 0 Å². The molecule has 0 saturated heterocycles. The average Bonchev–Trinajstić information content (AvgIpc) is 1.97. The zero-order chi connectivity index (χ0) is 12.9. The zero-order valence-electron chi connectivity index (χ0n) is 12.5. The van der Waals surface area contributed by atoms with Gasteiger partial charge in [-0.1, -0.05) is 13.8 Å². The fraction of sp³-hybridized carbons (Fsp3) is 0.818. The van der Waals surface area contributed by atoms with Crippen LogP contribution in [-0.4, -0.2) is 28.8 Å². The second kappa shape index (κ2) is 8.82. The summed E-state index contributed by atoms with van der Waals surface area (Å²) >= 11 is 0. The molecule has 0 heterocycles. The van der Waals surface area contributed by atoms with Crippen LogP contribution < -0.4 is 74.2 Å². The van der Waals surface area contributed by atoms with Gasteiger partial charge in [0.05, 0.1) is 0 Å². The van der Waals surface area contributed by atoms with Crippen LogP contribution in [0.2, 0.25) is 0 Å². The Morgan fingerprint density at radius 1 is 1.35 bits per heavy atom. The SMILES string of the molecule is CC(C)C[C@H](NC(=O)OC(C)(C)C)C(=O)O.[Cs+].[H-]. The maximum atomic E-state index is 11.4. The predicted octanol–water partition coefficient (Wildman–Crippen LogP) is -0.873. The van der Waals surface area contributed by atoms with E-state index in [-0.39, 0.29) is 76.2 Å².